The fourth-order valence-corrected chi connectivity index (χ4v) is 2.91. The number of nitro groups is 2. The van der Waals surface area contributed by atoms with E-state index in [0.717, 1.165) is 41.6 Å². The Balaban J connectivity index is 0.000000261. The zero-order valence-electron chi connectivity index (χ0n) is 14.9. The Hall–Kier alpha value is -3.04. The maximum atomic E-state index is 12.1. The molecule has 0 saturated carbocycles. The highest BCUT2D eigenvalue weighted by Gasteiger charge is 2.24. The highest BCUT2D eigenvalue weighted by Crippen LogP contribution is 2.24. The zero-order valence-corrected chi connectivity index (χ0v) is 15.7. The van der Waals surface area contributed by atoms with Gasteiger partial charge in [0.15, 0.2) is 0 Å². The van der Waals surface area contributed by atoms with E-state index in [1.165, 1.54) is 0 Å². The number of nitrogens with zero attached hydrogens (tertiary/aromatic N) is 3. The zero-order chi connectivity index (χ0) is 20.7. The van der Waals surface area contributed by atoms with Crippen molar-refractivity contribution in [2.45, 2.75) is 19.4 Å². The smallest absolute Gasteiger partial charge is 0.277 e. The van der Waals surface area contributed by atoms with Crippen LogP contribution >= 0.6 is 11.6 Å². The third-order valence-electron chi connectivity index (χ3n) is 4.09. The number of carbonyl (C=O) groups excluding carboxylic acids is 1. The molecule has 1 amide bonds. The highest BCUT2D eigenvalue weighted by atomic mass is 35.5. The van der Waals surface area contributed by atoms with Gasteiger partial charge < -0.3 is 10.6 Å². The van der Waals surface area contributed by atoms with Gasteiger partial charge in [0, 0.05) is 36.8 Å². The van der Waals surface area contributed by atoms with Crippen LogP contribution in [-0.2, 0) is 6.54 Å². The Kier molecular flexibility index (Phi) is 7.42. The maximum Gasteiger partial charge on any atom is 0.277 e. The molecule has 10 heteroatoms. The van der Waals surface area contributed by atoms with Crippen molar-refractivity contribution in [3.8, 4) is 0 Å². The number of likely N-dealkylation sites (tertiary alicyclic amines) is 1. The number of hydrogen-bond acceptors (Lipinski definition) is 6. The molecule has 0 aromatic heterocycles. The number of non-ortho nitro benzene ring substituents is 2. The summed E-state index contributed by atoms with van der Waals surface area (Å²) in [7, 11) is 0. The van der Waals surface area contributed by atoms with Gasteiger partial charge in [-0.15, -0.1) is 0 Å². The molecule has 0 unspecified atom stereocenters. The standard InChI is InChI=1S/C11H11N3O5.C7H8ClN/c15-11(12-3-1-2-4-12)8-5-9(13(16)17)7-10(6-8)14(18)19;8-7-3-1-2-6(4-7)5-9/h5-7H,1-4H2;1-4H,5,9H2. The summed E-state index contributed by atoms with van der Waals surface area (Å²) in [5.41, 5.74) is 5.53. The predicted octanol–water partition coefficient (Wildman–Crippen LogP) is 3.54. The molecule has 2 aromatic carbocycles. The summed E-state index contributed by atoms with van der Waals surface area (Å²) in [5, 5.41) is 22.2. The largest absolute Gasteiger partial charge is 0.339 e. The number of nitrogens with two attached hydrogens (primary N) is 1. The van der Waals surface area contributed by atoms with Crippen molar-refractivity contribution in [2.24, 2.45) is 5.73 Å². The Morgan fingerprint density at radius 2 is 1.61 bits per heavy atom. The molecule has 3 rings (SSSR count). The quantitative estimate of drug-likeness (QED) is 0.609. The summed E-state index contributed by atoms with van der Waals surface area (Å²) in [5.74, 6) is -0.399. The summed E-state index contributed by atoms with van der Waals surface area (Å²) in [6.07, 6.45) is 1.76. The van der Waals surface area contributed by atoms with E-state index in [-0.39, 0.29) is 5.56 Å². The first-order chi connectivity index (χ1) is 13.3. The van der Waals surface area contributed by atoms with Crippen molar-refractivity contribution < 1.29 is 14.6 Å². The number of hydrogen-bond donors (Lipinski definition) is 1. The molecule has 9 nitrogen and oxygen atoms in total. The molecule has 1 aliphatic rings. The average Bonchev–Trinajstić information content (AvgIpc) is 3.22. The van der Waals surface area contributed by atoms with Gasteiger partial charge in [-0.1, -0.05) is 23.7 Å². The molecule has 1 heterocycles. The highest BCUT2D eigenvalue weighted by molar-refractivity contribution is 6.30. The molecule has 0 spiro atoms. The topological polar surface area (TPSA) is 133 Å². The van der Waals surface area contributed by atoms with Crippen LogP contribution in [0.15, 0.2) is 42.5 Å². The monoisotopic (exact) mass is 406 g/mol. The molecule has 2 N–H and O–H groups in total. The molecule has 1 saturated heterocycles. The van der Waals surface area contributed by atoms with E-state index in [1.54, 1.807) is 4.90 Å². The van der Waals surface area contributed by atoms with Crippen LogP contribution in [0.2, 0.25) is 5.02 Å². The number of halogens is 1. The van der Waals surface area contributed by atoms with Gasteiger partial charge in [-0.2, -0.15) is 0 Å². The van der Waals surface area contributed by atoms with E-state index >= 15 is 0 Å². The number of nitro benzene ring substituents is 2. The SMILES string of the molecule is NCc1cccc(Cl)c1.O=C(c1cc([N+](=O)[O-])cc([N+](=O)[O-])c1)N1CCCC1. The van der Waals surface area contributed by atoms with Crippen molar-refractivity contribution in [3.63, 3.8) is 0 Å². The lowest BCUT2D eigenvalue weighted by atomic mass is 10.1. The van der Waals surface area contributed by atoms with Gasteiger partial charge in [-0.3, -0.25) is 25.0 Å². The second kappa shape index (κ2) is 9.77. The van der Waals surface area contributed by atoms with Crippen LogP contribution in [0.3, 0.4) is 0 Å². The summed E-state index contributed by atoms with van der Waals surface area (Å²) in [6.45, 7) is 1.71. The maximum absolute atomic E-state index is 12.1. The Bertz CT molecular complexity index is 852. The predicted molar refractivity (Wildman–Crippen MR) is 104 cm³/mol. The number of amides is 1. The van der Waals surface area contributed by atoms with Crippen molar-refractivity contribution in [1.29, 1.82) is 0 Å². The number of rotatable bonds is 4. The van der Waals surface area contributed by atoms with Crippen LogP contribution in [0.5, 0.6) is 0 Å². The Morgan fingerprint density at radius 1 is 1.04 bits per heavy atom. The molecular weight excluding hydrogens is 388 g/mol. The Labute approximate surface area is 166 Å². The number of carbonyl (C=O) groups is 1. The lowest BCUT2D eigenvalue weighted by Crippen LogP contribution is -2.27. The molecule has 148 valence electrons. The fraction of sp³-hybridized carbons (Fsp3) is 0.278. The van der Waals surface area contributed by atoms with Gasteiger partial charge in [0.1, 0.15) is 0 Å². The second-order valence-electron chi connectivity index (χ2n) is 6.09. The molecule has 0 bridgehead atoms. The van der Waals surface area contributed by atoms with Gasteiger partial charge >= 0.3 is 0 Å². The fourth-order valence-electron chi connectivity index (χ4n) is 2.70. The minimum Gasteiger partial charge on any atom is -0.339 e. The summed E-state index contributed by atoms with van der Waals surface area (Å²) >= 11 is 5.67. The van der Waals surface area contributed by atoms with Crippen LogP contribution in [0.25, 0.3) is 0 Å². The van der Waals surface area contributed by atoms with Crippen LogP contribution in [0.1, 0.15) is 28.8 Å². The normalized spacial score (nSPS) is 12.9. The molecule has 1 aliphatic heterocycles. The molecule has 1 fully saturated rings. The summed E-state index contributed by atoms with van der Waals surface area (Å²) < 4.78 is 0. The molecule has 0 aliphatic carbocycles. The van der Waals surface area contributed by atoms with Crippen molar-refractivity contribution >= 4 is 28.9 Å². The van der Waals surface area contributed by atoms with E-state index in [2.05, 4.69) is 0 Å². The first-order valence-electron chi connectivity index (χ1n) is 8.49. The van der Waals surface area contributed by atoms with Crippen LogP contribution < -0.4 is 5.73 Å². The van der Waals surface area contributed by atoms with E-state index < -0.39 is 27.1 Å². The second-order valence-corrected chi connectivity index (χ2v) is 6.52. The van der Waals surface area contributed by atoms with Gasteiger partial charge in [0.2, 0.25) is 0 Å². The summed E-state index contributed by atoms with van der Waals surface area (Å²) in [6, 6.07) is 10.5. The van der Waals surface area contributed by atoms with Gasteiger partial charge in [-0.05, 0) is 30.5 Å². The van der Waals surface area contributed by atoms with Gasteiger partial charge in [0.25, 0.3) is 17.3 Å². The lowest BCUT2D eigenvalue weighted by Gasteiger charge is -2.14. The molecule has 0 radical (unpaired) electrons. The first kappa shape index (κ1) is 21.3. The van der Waals surface area contributed by atoms with Crippen molar-refractivity contribution in [2.75, 3.05) is 13.1 Å². The van der Waals surface area contributed by atoms with Crippen LogP contribution in [0, 0.1) is 20.2 Å². The van der Waals surface area contributed by atoms with Gasteiger partial charge in [-0.25, -0.2) is 0 Å². The first-order valence-corrected chi connectivity index (χ1v) is 8.87. The van der Waals surface area contributed by atoms with E-state index in [9.17, 15) is 25.0 Å². The van der Waals surface area contributed by atoms with Gasteiger partial charge in [0.05, 0.1) is 21.5 Å². The molecule has 2 aromatic rings. The summed E-state index contributed by atoms with van der Waals surface area (Å²) in [4.78, 5) is 33.6. The van der Waals surface area contributed by atoms with Crippen LogP contribution in [0.4, 0.5) is 11.4 Å². The van der Waals surface area contributed by atoms with Crippen molar-refractivity contribution in [1.82, 2.24) is 4.90 Å². The number of benzene rings is 2. The van der Waals surface area contributed by atoms with Crippen molar-refractivity contribution in [3.05, 3.63) is 78.8 Å². The molecule has 28 heavy (non-hydrogen) atoms. The molecule has 0 atom stereocenters. The minimum absolute atomic E-state index is 0.0113. The third kappa shape index (κ3) is 5.73. The van der Waals surface area contributed by atoms with E-state index in [4.69, 9.17) is 17.3 Å². The Morgan fingerprint density at radius 3 is 2.04 bits per heavy atom. The minimum atomic E-state index is -0.742. The molecular formula is C18H19ClN4O5. The van der Waals surface area contributed by atoms with E-state index in [0.29, 0.717) is 19.6 Å². The average molecular weight is 407 g/mol. The van der Waals surface area contributed by atoms with E-state index in [1.807, 2.05) is 24.3 Å². The van der Waals surface area contributed by atoms with Crippen LogP contribution in [-0.4, -0.2) is 33.7 Å². The third-order valence-corrected chi connectivity index (χ3v) is 4.32. The lowest BCUT2D eigenvalue weighted by molar-refractivity contribution is -0.394.